The monoisotopic (exact) mass is 424 g/mol. The zero-order valence-corrected chi connectivity index (χ0v) is 16.9. The summed E-state index contributed by atoms with van der Waals surface area (Å²) in [6.45, 7) is 6.55. The van der Waals surface area contributed by atoms with Gasteiger partial charge >= 0.3 is 6.18 Å². The third-order valence-corrected chi connectivity index (χ3v) is 3.79. The van der Waals surface area contributed by atoms with Crippen molar-refractivity contribution in [2.75, 3.05) is 19.8 Å². The molecule has 0 unspecified atom stereocenters. The van der Waals surface area contributed by atoms with Crippen LogP contribution in [0.5, 0.6) is 17.2 Å². The van der Waals surface area contributed by atoms with E-state index in [1.807, 2.05) is 6.92 Å². The molecule has 0 aliphatic heterocycles. The van der Waals surface area contributed by atoms with E-state index in [-0.39, 0.29) is 5.56 Å². The molecule has 162 valence electrons. The minimum Gasteiger partial charge on any atom is -0.490 e. The molecule has 0 fully saturated rings. The Kier molecular flexibility index (Phi) is 8.08. The Balaban J connectivity index is 2.18. The van der Waals surface area contributed by atoms with Gasteiger partial charge in [-0.2, -0.15) is 18.3 Å². The van der Waals surface area contributed by atoms with Crippen LogP contribution in [0.4, 0.5) is 13.2 Å². The molecule has 2 aromatic carbocycles. The number of hydrazone groups is 1. The lowest BCUT2D eigenvalue weighted by atomic mass is 10.1. The molecule has 0 spiro atoms. The van der Waals surface area contributed by atoms with Gasteiger partial charge in [0.25, 0.3) is 5.91 Å². The van der Waals surface area contributed by atoms with E-state index in [0.29, 0.717) is 42.6 Å². The summed E-state index contributed by atoms with van der Waals surface area (Å²) in [6.07, 6.45) is -3.16. The van der Waals surface area contributed by atoms with Crippen molar-refractivity contribution in [1.82, 2.24) is 5.43 Å². The number of nitrogens with one attached hydrogen (secondary N) is 1. The van der Waals surface area contributed by atoms with Gasteiger partial charge in [-0.1, -0.05) is 12.1 Å². The number of hydrogen-bond donors (Lipinski definition) is 1. The molecule has 9 heteroatoms. The summed E-state index contributed by atoms with van der Waals surface area (Å²) >= 11 is 0. The highest BCUT2D eigenvalue weighted by Gasteiger charge is 2.29. The van der Waals surface area contributed by atoms with Crippen molar-refractivity contribution < 1.29 is 32.2 Å². The molecule has 0 aromatic heterocycles. The molecule has 0 aliphatic carbocycles. The number of carbonyl (C=O) groups excluding carboxylic acids is 1. The second-order valence-electron chi connectivity index (χ2n) is 5.92. The minimum absolute atomic E-state index is 0.231. The Morgan fingerprint density at radius 2 is 1.50 bits per heavy atom. The van der Waals surface area contributed by atoms with Crippen molar-refractivity contribution in [2.24, 2.45) is 5.10 Å². The Labute approximate surface area is 172 Å². The molecule has 0 heterocycles. The van der Waals surface area contributed by atoms with E-state index in [4.69, 9.17) is 14.2 Å². The summed E-state index contributed by atoms with van der Waals surface area (Å²) in [5, 5.41) is 3.80. The van der Waals surface area contributed by atoms with Crippen LogP contribution in [0.1, 0.15) is 42.3 Å². The molecule has 2 aromatic rings. The highest BCUT2D eigenvalue weighted by atomic mass is 19.4. The van der Waals surface area contributed by atoms with Crippen LogP contribution in [0.2, 0.25) is 0 Å². The number of carbonyl (C=O) groups is 1. The van der Waals surface area contributed by atoms with Crippen molar-refractivity contribution in [1.29, 1.82) is 0 Å². The smallest absolute Gasteiger partial charge is 0.416 e. The average molecular weight is 424 g/mol. The van der Waals surface area contributed by atoms with Crippen molar-refractivity contribution in [3.05, 3.63) is 53.1 Å². The first-order valence-corrected chi connectivity index (χ1v) is 9.37. The summed E-state index contributed by atoms with van der Waals surface area (Å²) in [4.78, 5) is 12.5. The van der Waals surface area contributed by atoms with Gasteiger partial charge in [-0.05, 0) is 50.6 Å². The maximum absolute atomic E-state index is 12.6. The molecule has 0 aliphatic rings. The van der Waals surface area contributed by atoms with Gasteiger partial charge in [-0.3, -0.25) is 4.79 Å². The van der Waals surface area contributed by atoms with Gasteiger partial charge < -0.3 is 14.2 Å². The number of halogens is 3. The number of amides is 1. The van der Waals surface area contributed by atoms with Crippen LogP contribution in [0.25, 0.3) is 0 Å². The molecule has 1 amide bonds. The zero-order chi connectivity index (χ0) is 22.1. The second kappa shape index (κ2) is 10.5. The second-order valence-corrected chi connectivity index (χ2v) is 5.92. The van der Waals surface area contributed by atoms with Crippen LogP contribution in [-0.2, 0) is 6.18 Å². The van der Waals surface area contributed by atoms with Gasteiger partial charge in [0.05, 0.1) is 31.6 Å². The fourth-order valence-electron chi connectivity index (χ4n) is 2.51. The molecular formula is C21H23F3N2O4. The Hall–Kier alpha value is -3.23. The number of ether oxygens (including phenoxy) is 3. The average Bonchev–Trinajstić information content (AvgIpc) is 2.70. The fraction of sp³-hybridized carbons (Fsp3) is 0.333. The molecule has 2 rings (SSSR count). The third kappa shape index (κ3) is 6.13. The molecule has 30 heavy (non-hydrogen) atoms. The lowest BCUT2D eigenvalue weighted by Crippen LogP contribution is -2.18. The Morgan fingerprint density at radius 3 is 1.97 bits per heavy atom. The van der Waals surface area contributed by atoms with Crippen molar-refractivity contribution in [3.63, 3.8) is 0 Å². The van der Waals surface area contributed by atoms with Gasteiger partial charge in [0.15, 0.2) is 11.5 Å². The lowest BCUT2D eigenvalue weighted by molar-refractivity contribution is -0.137. The summed E-state index contributed by atoms with van der Waals surface area (Å²) in [5.74, 6) is 0.596. The maximum atomic E-state index is 12.6. The Morgan fingerprint density at radius 1 is 0.967 bits per heavy atom. The SMILES string of the molecule is CCOc1cc(C(=O)N/N=C/c2ccc(C(F)(F)F)cc2)cc(OCC)c1OCC. The molecular weight excluding hydrogens is 401 g/mol. The van der Waals surface area contributed by atoms with E-state index in [1.165, 1.54) is 30.5 Å². The number of rotatable bonds is 9. The van der Waals surface area contributed by atoms with Gasteiger partial charge in [0.2, 0.25) is 5.75 Å². The maximum Gasteiger partial charge on any atom is 0.416 e. The normalized spacial score (nSPS) is 11.4. The molecule has 0 saturated carbocycles. The van der Waals surface area contributed by atoms with E-state index < -0.39 is 17.6 Å². The van der Waals surface area contributed by atoms with E-state index in [0.717, 1.165) is 12.1 Å². The standard InChI is InChI=1S/C21H23F3N2O4/c1-4-28-17-11-15(12-18(29-5-2)19(17)30-6-3)20(27)26-25-13-14-7-9-16(10-8-14)21(22,23)24/h7-13H,4-6H2,1-3H3,(H,26,27)/b25-13+. The predicted molar refractivity (Wildman–Crippen MR) is 106 cm³/mol. The summed E-state index contributed by atoms with van der Waals surface area (Å²) in [6, 6.07) is 7.43. The van der Waals surface area contributed by atoms with Crippen molar-refractivity contribution >= 4 is 12.1 Å². The molecule has 0 radical (unpaired) electrons. The summed E-state index contributed by atoms with van der Waals surface area (Å²) in [5.41, 5.74) is 2.21. The Bertz CT molecular complexity index is 854. The first-order valence-electron chi connectivity index (χ1n) is 9.37. The van der Waals surface area contributed by atoms with Crippen LogP contribution in [0.3, 0.4) is 0 Å². The number of nitrogens with zero attached hydrogens (tertiary/aromatic N) is 1. The van der Waals surface area contributed by atoms with Crippen LogP contribution in [0, 0.1) is 0 Å². The fourth-order valence-corrected chi connectivity index (χ4v) is 2.51. The first-order chi connectivity index (χ1) is 14.3. The lowest BCUT2D eigenvalue weighted by Gasteiger charge is -2.16. The van der Waals surface area contributed by atoms with E-state index in [9.17, 15) is 18.0 Å². The first kappa shape index (κ1) is 23.1. The van der Waals surface area contributed by atoms with Crippen LogP contribution in [-0.4, -0.2) is 31.9 Å². The number of alkyl halides is 3. The highest BCUT2D eigenvalue weighted by molar-refractivity contribution is 5.96. The molecule has 0 saturated heterocycles. The summed E-state index contributed by atoms with van der Waals surface area (Å²) < 4.78 is 54.5. The number of hydrogen-bond acceptors (Lipinski definition) is 5. The van der Waals surface area contributed by atoms with E-state index >= 15 is 0 Å². The van der Waals surface area contributed by atoms with Crippen LogP contribution in [0.15, 0.2) is 41.5 Å². The minimum atomic E-state index is -4.41. The molecule has 6 nitrogen and oxygen atoms in total. The van der Waals surface area contributed by atoms with Gasteiger partial charge in [0, 0.05) is 5.56 Å². The predicted octanol–water partition coefficient (Wildman–Crippen LogP) is 4.67. The topological polar surface area (TPSA) is 69.2 Å². The van der Waals surface area contributed by atoms with Crippen molar-refractivity contribution in [2.45, 2.75) is 26.9 Å². The van der Waals surface area contributed by atoms with Gasteiger partial charge in [-0.25, -0.2) is 5.43 Å². The third-order valence-electron chi connectivity index (χ3n) is 3.79. The van der Waals surface area contributed by atoms with Crippen LogP contribution >= 0.6 is 0 Å². The zero-order valence-electron chi connectivity index (χ0n) is 16.9. The quantitative estimate of drug-likeness (QED) is 0.469. The highest BCUT2D eigenvalue weighted by Crippen LogP contribution is 2.39. The molecule has 0 bridgehead atoms. The molecule has 1 N–H and O–H groups in total. The number of benzene rings is 2. The largest absolute Gasteiger partial charge is 0.490 e. The van der Waals surface area contributed by atoms with Gasteiger partial charge in [-0.15, -0.1) is 0 Å². The van der Waals surface area contributed by atoms with Crippen molar-refractivity contribution in [3.8, 4) is 17.2 Å². The van der Waals surface area contributed by atoms with Gasteiger partial charge in [0.1, 0.15) is 0 Å². The van der Waals surface area contributed by atoms with E-state index in [2.05, 4.69) is 10.5 Å². The van der Waals surface area contributed by atoms with E-state index in [1.54, 1.807) is 13.8 Å². The molecule has 0 atom stereocenters. The summed E-state index contributed by atoms with van der Waals surface area (Å²) in [7, 11) is 0. The van der Waals surface area contributed by atoms with Crippen LogP contribution < -0.4 is 19.6 Å².